The minimum atomic E-state index is -0.0401. The summed E-state index contributed by atoms with van der Waals surface area (Å²) in [5.74, 6) is 0.987. The molecule has 1 aliphatic rings. The second kappa shape index (κ2) is 6.65. The first-order valence-corrected chi connectivity index (χ1v) is 7.74. The molecule has 21 heavy (non-hydrogen) atoms. The Kier molecular flexibility index (Phi) is 4.63. The number of ether oxygens (including phenoxy) is 1. The predicted molar refractivity (Wildman–Crippen MR) is 85.0 cm³/mol. The van der Waals surface area contributed by atoms with Crippen molar-refractivity contribution in [2.75, 3.05) is 13.1 Å². The number of nitrogens with zero attached hydrogens (tertiary/aromatic N) is 1. The van der Waals surface area contributed by atoms with Crippen LogP contribution in [-0.4, -0.2) is 18.1 Å². The summed E-state index contributed by atoms with van der Waals surface area (Å²) in [5, 5.41) is 4.05. The van der Waals surface area contributed by atoms with Crippen LogP contribution in [0.5, 0.6) is 5.75 Å². The van der Waals surface area contributed by atoms with Crippen molar-refractivity contribution in [2.24, 2.45) is 5.92 Å². The van der Waals surface area contributed by atoms with Crippen molar-refractivity contribution >= 4 is 23.2 Å². The van der Waals surface area contributed by atoms with Crippen LogP contribution in [0.2, 0.25) is 10.3 Å². The standard InChI is InChI=1S/C16H16Cl2N2O/c17-14-7-6-13(16(18)20-14)21-15(12-8-9-19-10-12)11-4-2-1-3-5-11/h1-7,12,15,19H,8-10H2/t12-,15?/m0/s1. The predicted octanol–water partition coefficient (Wildman–Crippen LogP) is 4.12. The Morgan fingerprint density at radius 3 is 2.62 bits per heavy atom. The molecule has 2 heterocycles. The summed E-state index contributed by atoms with van der Waals surface area (Å²) >= 11 is 12.0. The molecule has 1 aromatic carbocycles. The Morgan fingerprint density at radius 2 is 1.95 bits per heavy atom. The number of halogens is 2. The monoisotopic (exact) mass is 322 g/mol. The SMILES string of the molecule is Clc1ccc(OC(c2ccccc2)[C@H]2CCNC2)c(Cl)n1. The summed E-state index contributed by atoms with van der Waals surface area (Å²) < 4.78 is 6.18. The van der Waals surface area contributed by atoms with Gasteiger partial charge in [-0.05, 0) is 30.7 Å². The third-order valence-corrected chi connectivity index (χ3v) is 4.17. The van der Waals surface area contributed by atoms with E-state index in [1.54, 1.807) is 12.1 Å². The number of aromatic nitrogens is 1. The van der Waals surface area contributed by atoms with E-state index in [1.165, 1.54) is 0 Å². The minimum Gasteiger partial charge on any atom is -0.482 e. The largest absolute Gasteiger partial charge is 0.482 e. The molecule has 2 atom stereocenters. The van der Waals surface area contributed by atoms with E-state index in [-0.39, 0.29) is 6.10 Å². The molecule has 3 rings (SSSR count). The maximum absolute atomic E-state index is 6.18. The maximum Gasteiger partial charge on any atom is 0.172 e. The molecule has 1 aromatic heterocycles. The highest BCUT2D eigenvalue weighted by molar-refractivity contribution is 6.33. The lowest BCUT2D eigenvalue weighted by molar-refractivity contribution is 0.144. The molecule has 5 heteroatoms. The fourth-order valence-corrected chi connectivity index (χ4v) is 3.03. The van der Waals surface area contributed by atoms with Gasteiger partial charge in [-0.3, -0.25) is 0 Å². The quantitative estimate of drug-likeness (QED) is 0.860. The first kappa shape index (κ1) is 14.6. The Balaban J connectivity index is 1.88. The lowest BCUT2D eigenvalue weighted by atomic mass is 9.95. The van der Waals surface area contributed by atoms with Crippen molar-refractivity contribution < 1.29 is 4.74 Å². The molecule has 1 N–H and O–H groups in total. The molecule has 0 spiro atoms. The van der Waals surface area contributed by atoms with Gasteiger partial charge in [0.15, 0.2) is 10.9 Å². The molecule has 0 amide bonds. The van der Waals surface area contributed by atoms with Crippen LogP contribution in [0.1, 0.15) is 18.1 Å². The van der Waals surface area contributed by atoms with Gasteiger partial charge in [0, 0.05) is 12.5 Å². The van der Waals surface area contributed by atoms with E-state index in [4.69, 9.17) is 27.9 Å². The van der Waals surface area contributed by atoms with Crippen molar-refractivity contribution in [3.63, 3.8) is 0 Å². The Bertz CT molecular complexity index is 600. The van der Waals surface area contributed by atoms with Crippen LogP contribution in [0.25, 0.3) is 0 Å². The molecule has 0 radical (unpaired) electrons. The molecule has 1 saturated heterocycles. The lowest BCUT2D eigenvalue weighted by Gasteiger charge is -2.25. The molecular formula is C16H16Cl2N2O. The van der Waals surface area contributed by atoms with Crippen LogP contribution in [0.3, 0.4) is 0 Å². The highest BCUT2D eigenvalue weighted by atomic mass is 35.5. The van der Waals surface area contributed by atoms with E-state index < -0.39 is 0 Å². The van der Waals surface area contributed by atoms with E-state index in [1.807, 2.05) is 18.2 Å². The summed E-state index contributed by atoms with van der Waals surface area (Å²) in [5.41, 5.74) is 1.15. The van der Waals surface area contributed by atoms with Crippen molar-refractivity contribution in [1.82, 2.24) is 10.3 Å². The van der Waals surface area contributed by atoms with Crippen LogP contribution in [0, 0.1) is 5.92 Å². The molecule has 0 bridgehead atoms. The molecule has 0 aliphatic carbocycles. The second-order valence-electron chi connectivity index (χ2n) is 5.12. The zero-order chi connectivity index (χ0) is 14.7. The molecule has 1 aliphatic heterocycles. The first-order valence-electron chi connectivity index (χ1n) is 6.98. The highest BCUT2D eigenvalue weighted by Gasteiger charge is 2.28. The van der Waals surface area contributed by atoms with Gasteiger partial charge in [0.2, 0.25) is 0 Å². The minimum absolute atomic E-state index is 0.0401. The number of hydrogen-bond acceptors (Lipinski definition) is 3. The molecule has 1 unspecified atom stereocenters. The maximum atomic E-state index is 6.18. The number of pyridine rings is 1. The topological polar surface area (TPSA) is 34.1 Å². The molecule has 3 nitrogen and oxygen atoms in total. The van der Waals surface area contributed by atoms with Gasteiger partial charge >= 0.3 is 0 Å². The second-order valence-corrected chi connectivity index (χ2v) is 5.87. The zero-order valence-electron chi connectivity index (χ0n) is 11.4. The lowest BCUT2D eigenvalue weighted by Crippen LogP contribution is -2.21. The van der Waals surface area contributed by atoms with Crippen LogP contribution in [0.15, 0.2) is 42.5 Å². The average Bonchev–Trinajstić information content (AvgIpc) is 3.01. The van der Waals surface area contributed by atoms with Gasteiger partial charge in [0.25, 0.3) is 0 Å². The van der Waals surface area contributed by atoms with E-state index in [0.29, 0.717) is 22.0 Å². The van der Waals surface area contributed by atoms with Crippen LogP contribution >= 0.6 is 23.2 Å². The van der Waals surface area contributed by atoms with E-state index in [2.05, 4.69) is 22.4 Å². The summed E-state index contributed by atoms with van der Waals surface area (Å²) in [6.07, 6.45) is 1.04. The van der Waals surface area contributed by atoms with Crippen molar-refractivity contribution in [1.29, 1.82) is 0 Å². The smallest absolute Gasteiger partial charge is 0.172 e. The Labute approximate surface area is 134 Å². The summed E-state index contributed by atoms with van der Waals surface area (Å²) in [6.45, 7) is 1.96. The number of nitrogens with one attached hydrogen (secondary N) is 1. The van der Waals surface area contributed by atoms with Gasteiger partial charge in [0.05, 0.1) is 0 Å². The van der Waals surface area contributed by atoms with Gasteiger partial charge in [-0.25, -0.2) is 4.98 Å². The van der Waals surface area contributed by atoms with Gasteiger partial charge < -0.3 is 10.1 Å². The zero-order valence-corrected chi connectivity index (χ0v) is 12.9. The molecule has 110 valence electrons. The summed E-state index contributed by atoms with van der Waals surface area (Å²) in [6, 6.07) is 13.7. The number of hydrogen-bond donors (Lipinski definition) is 1. The van der Waals surface area contributed by atoms with E-state index in [0.717, 1.165) is 25.1 Å². The first-order chi connectivity index (χ1) is 10.2. The van der Waals surface area contributed by atoms with Crippen molar-refractivity contribution in [2.45, 2.75) is 12.5 Å². The van der Waals surface area contributed by atoms with Crippen LogP contribution in [-0.2, 0) is 0 Å². The normalized spacial score (nSPS) is 19.4. The molecule has 2 aromatic rings. The van der Waals surface area contributed by atoms with Crippen molar-refractivity contribution in [3.8, 4) is 5.75 Å². The van der Waals surface area contributed by atoms with Gasteiger partial charge in [-0.15, -0.1) is 0 Å². The van der Waals surface area contributed by atoms with Gasteiger partial charge in [-0.2, -0.15) is 0 Å². The van der Waals surface area contributed by atoms with E-state index in [9.17, 15) is 0 Å². The van der Waals surface area contributed by atoms with Crippen LogP contribution < -0.4 is 10.1 Å². The number of rotatable bonds is 4. The summed E-state index contributed by atoms with van der Waals surface area (Å²) in [4.78, 5) is 4.04. The van der Waals surface area contributed by atoms with E-state index >= 15 is 0 Å². The molecular weight excluding hydrogens is 307 g/mol. The van der Waals surface area contributed by atoms with Gasteiger partial charge in [0.1, 0.15) is 11.3 Å². The highest BCUT2D eigenvalue weighted by Crippen LogP contribution is 2.34. The fourth-order valence-electron chi connectivity index (χ4n) is 2.64. The average molecular weight is 323 g/mol. The van der Waals surface area contributed by atoms with Crippen molar-refractivity contribution in [3.05, 3.63) is 58.3 Å². The third kappa shape index (κ3) is 3.49. The Morgan fingerprint density at radius 1 is 1.14 bits per heavy atom. The molecule has 0 saturated carbocycles. The van der Waals surface area contributed by atoms with Gasteiger partial charge in [-0.1, -0.05) is 53.5 Å². The fraction of sp³-hybridized carbons (Fsp3) is 0.312. The third-order valence-electron chi connectivity index (χ3n) is 3.69. The molecule has 1 fully saturated rings. The van der Waals surface area contributed by atoms with Crippen LogP contribution in [0.4, 0.5) is 0 Å². The Hall–Kier alpha value is -1.29. The summed E-state index contributed by atoms with van der Waals surface area (Å²) in [7, 11) is 0. The number of benzene rings is 1.